The molecule has 3 aromatic carbocycles. The van der Waals surface area contributed by atoms with Crippen LogP contribution in [0.2, 0.25) is 0 Å². The highest BCUT2D eigenvalue weighted by Gasteiger charge is 2.30. The van der Waals surface area contributed by atoms with E-state index in [9.17, 15) is 9.59 Å². The molecule has 0 aromatic heterocycles. The van der Waals surface area contributed by atoms with Crippen molar-refractivity contribution in [2.24, 2.45) is 4.99 Å². The minimum Gasteiger partial charge on any atom is -0.342 e. The number of amides is 1. The molecule has 0 bridgehead atoms. The van der Waals surface area contributed by atoms with E-state index in [0.717, 1.165) is 43.3 Å². The molecule has 2 atom stereocenters. The highest BCUT2D eigenvalue weighted by atomic mass is 79.9. The lowest BCUT2D eigenvalue weighted by Crippen LogP contribution is -2.44. The van der Waals surface area contributed by atoms with Crippen molar-refractivity contribution >= 4 is 49.3 Å². The van der Waals surface area contributed by atoms with Gasteiger partial charge in [-0.25, -0.2) is 0 Å². The van der Waals surface area contributed by atoms with Gasteiger partial charge in [0.05, 0.1) is 17.8 Å². The van der Waals surface area contributed by atoms with Crippen molar-refractivity contribution in [3.8, 4) is 0 Å². The van der Waals surface area contributed by atoms with Gasteiger partial charge in [0, 0.05) is 20.9 Å². The lowest BCUT2D eigenvalue weighted by atomic mass is 9.96. The molecule has 0 spiro atoms. The minimum absolute atomic E-state index is 0.0405. The lowest BCUT2D eigenvalue weighted by molar-refractivity contribution is -0.126. The van der Waals surface area contributed by atoms with Crippen molar-refractivity contribution in [1.82, 2.24) is 5.32 Å². The van der Waals surface area contributed by atoms with Crippen LogP contribution in [0.4, 0.5) is 0 Å². The summed E-state index contributed by atoms with van der Waals surface area (Å²) >= 11 is 6.99. The second-order valence-corrected chi connectivity index (χ2v) is 11.2. The van der Waals surface area contributed by atoms with Crippen LogP contribution in [0.3, 0.4) is 0 Å². The van der Waals surface area contributed by atoms with Crippen LogP contribution >= 0.6 is 31.9 Å². The maximum absolute atomic E-state index is 13.7. The average molecular weight is 622 g/mol. The summed E-state index contributed by atoms with van der Waals surface area (Å²) in [6.07, 6.45) is 4.08. The molecule has 0 saturated heterocycles. The number of nitrogens with zero attached hydrogens (tertiary/aromatic N) is 1. The first-order chi connectivity index (χ1) is 17.8. The molecule has 0 fully saturated rings. The molecule has 1 unspecified atom stereocenters. The molecule has 3 aromatic rings. The maximum Gasteiger partial charge on any atom is 0.250 e. The van der Waals surface area contributed by atoms with E-state index in [1.165, 1.54) is 0 Å². The highest BCUT2D eigenvalue weighted by molar-refractivity contribution is 9.10. The van der Waals surface area contributed by atoms with E-state index in [1.807, 2.05) is 86.7 Å². The number of nitrogens with one attached hydrogen (secondary N) is 1. The van der Waals surface area contributed by atoms with E-state index < -0.39 is 6.04 Å². The molecular formula is C31H30Br2N2O2. The molecule has 1 heterocycles. The Bertz CT molecular complexity index is 1350. The number of carbonyl (C=O) groups is 2. The van der Waals surface area contributed by atoms with Gasteiger partial charge in [-0.3, -0.25) is 14.6 Å². The Labute approximate surface area is 235 Å². The van der Waals surface area contributed by atoms with Crippen molar-refractivity contribution in [1.29, 1.82) is 0 Å². The summed E-state index contributed by atoms with van der Waals surface area (Å²) in [7, 11) is 0. The van der Waals surface area contributed by atoms with Crippen molar-refractivity contribution < 1.29 is 9.59 Å². The fourth-order valence-electron chi connectivity index (χ4n) is 4.50. The second kappa shape index (κ2) is 12.6. The predicted molar refractivity (Wildman–Crippen MR) is 157 cm³/mol. The SMILES string of the molecule is CCCC(=O)[C@H](Cc1cccc(Br)c1)NC(=O)C1=CC(c2cccc(C)c2)=NC1Cc1ccc(Br)cc1. The van der Waals surface area contributed by atoms with Gasteiger partial charge in [0.25, 0.3) is 0 Å². The monoisotopic (exact) mass is 620 g/mol. The van der Waals surface area contributed by atoms with Crippen molar-refractivity contribution in [2.45, 2.75) is 51.6 Å². The summed E-state index contributed by atoms with van der Waals surface area (Å²) < 4.78 is 1.95. The average Bonchev–Trinajstić information content (AvgIpc) is 3.29. The van der Waals surface area contributed by atoms with Gasteiger partial charge in [-0.05, 0) is 79.3 Å². The number of ketones is 1. The van der Waals surface area contributed by atoms with Gasteiger partial charge in [-0.1, -0.05) is 86.8 Å². The number of hydrogen-bond acceptors (Lipinski definition) is 3. The Kier molecular flexibility index (Phi) is 9.28. The number of allylic oxidation sites excluding steroid dienone is 1. The summed E-state index contributed by atoms with van der Waals surface area (Å²) in [4.78, 5) is 31.7. The van der Waals surface area contributed by atoms with Crippen LogP contribution in [0.1, 0.15) is 42.0 Å². The highest BCUT2D eigenvalue weighted by Crippen LogP contribution is 2.25. The number of halogens is 2. The van der Waals surface area contributed by atoms with E-state index >= 15 is 0 Å². The smallest absolute Gasteiger partial charge is 0.250 e. The molecule has 0 saturated carbocycles. The van der Waals surface area contributed by atoms with Gasteiger partial charge in [-0.2, -0.15) is 0 Å². The van der Waals surface area contributed by atoms with E-state index in [1.54, 1.807) is 0 Å². The first-order valence-electron chi connectivity index (χ1n) is 12.5. The lowest BCUT2D eigenvalue weighted by Gasteiger charge is -2.20. The van der Waals surface area contributed by atoms with Gasteiger partial charge >= 0.3 is 0 Å². The van der Waals surface area contributed by atoms with Gasteiger partial charge in [-0.15, -0.1) is 0 Å². The van der Waals surface area contributed by atoms with Gasteiger partial charge in [0.1, 0.15) is 0 Å². The Morgan fingerprint density at radius 1 is 0.946 bits per heavy atom. The van der Waals surface area contributed by atoms with Crippen molar-refractivity contribution in [3.63, 3.8) is 0 Å². The van der Waals surface area contributed by atoms with Gasteiger partial charge in [0.2, 0.25) is 5.91 Å². The number of aliphatic imine (C=N–C) groups is 1. The fourth-order valence-corrected chi connectivity index (χ4v) is 5.21. The Hall–Kier alpha value is -2.83. The summed E-state index contributed by atoms with van der Waals surface area (Å²) in [6, 6.07) is 23.1. The number of aryl methyl sites for hydroxylation is 1. The van der Waals surface area contributed by atoms with E-state index in [4.69, 9.17) is 4.99 Å². The zero-order valence-electron chi connectivity index (χ0n) is 21.0. The number of hydrogen-bond donors (Lipinski definition) is 1. The van der Waals surface area contributed by atoms with Crippen LogP contribution in [0.15, 0.2) is 98.4 Å². The zero-order valence-corrected chi connectivity index (χ0v) is 24.2. The van der Waals surface area contributed by atoms with Crippen molar-refractivity contribution in [3.05, 3.63) is 116 Å². The zero-order chi connectivity index (χ0) is 26.4. The quantitative estimate of drug-likeness (QED) is 0.266. The Balaban J connectivity index is 1.61. The molecule has 1 aliphatic heterocycles. The van der Waals surface area contributed by atoms with Crippen LogP contribution in [0, 0.1) is 6.92 Å². The molecule has 6 heteroatoms. The normalized spacial score (nSPS) is 15.6. The van der Waals surface area contributed by atoms with Crippen LogP contribution in [0.5, 0.6) is 0 Å². The molecule has 4 nitrogen and oxygen atoms in total. The molecule has 37 heavy (non-hydrogen) atoms. The molecule has 1 N–H and O–H groups in total. The summed E-state index contributed by atoms with van der Waals surface area (Å²) in [5.74, 6) is -0.198. The standard InChI is InChI=1S/C31H30Br2N2O2/c1-3-6-30(36)29(18-22-8-5-10-25(33)16-22)35-31(37)26-19-27(23-9-4-7-20(2)15-23)34-28(26)17-21-11-13-24(32)14-12-21/h4-5,7-16,19,28-29H,3,6,17-18H2,1-2H3,(H,35,37)/t28?,29-/m0/s1. The number of Topliss-reactive ketones (excluding diaryl/α,β-unsaturated/α-hetero) is 1. The third kappa shape index (κ3) is 7.36. The first kappa shape index (κ1) is 27.2. The number of carbonyl (C=O) groups excluding carboxylic acids is 2. The fraction of sp³-hybridized carbons (Fsp3) is 0.258. The topological polar surface area (TPSA) is 58.5 Å². The molecule has 1 amide bonds. The largest absolute Gasteiger partial charge is 0.342 e. The van der Waals surface area contributed by atoms with Crippen molar-refractivity contribution in [2.75, 3.05) is 0 Å². The summed E-state index contributed by atoms with van der Waals surface area (Å²) in [5, 5.41) is 3.07. The van der Waals surface area contributed by atoms with Gasteiger partial charge < -0.3 is 5.32 Å². The van der Waals surface area contributed by atoms with Crippen LogP contribution in [-0.2, 0) is 22.4 Å². The molecule has 1 aliphatic rings. The Morgan fingerprint density at radius 2 is 1.70 bits per heavy atom. The van der Waals surface area contributed by atoms with Gasteiger partial charge in [0.15, 0.2) is 5.78 Å². The summed E-state index contributed by atoms with van der Waals surface area (Å²) in [5.41, 5.74) is 5.58. The van der Waals surface area contributed by atoms with E-state index in [-0.39, 0.29) is 17.7 Å². The minimum atomic E-state index is -0.598. The van der Waals surface area contributed by atoms with E-state index in [2.05, 4.69) is 43.2 Å². The first-order valence-corrected chi connectivity index (χ1v) is 14.1. The third-order valence-electron chi connectivity index (χ3n) is 6.38. The molecule has 190 valence electrons. The molecule has 0 radical (unpaired) electrons. The number of benzene rings is 3. The molecule has 0 aliphatic carbocycles. The van der Waals surface area contributed by atoms with Crippen LogP contribution in [-0.4, -0.2) is 29.5 Å². The predicted octanol–water partition coefficient (Wildman–Crippen LogP) is 6.96. The third-order valence-corrected chi connectivity index (χ3v) is 7.41. The number of rotatable bonds is 10. The Morgan fingerprint density at radius 3 is 2.41 bits per heavy atom. The van der Waals surface area contributed by atoms with Crippen LogP contribution in [0.25, 0.3) is 0 Å². The summed E-state index contributed by atoms with van der Waals surface area (Å²) in [6.45, 7) is 4.02. The second-order valence-electron chi connectivity index (χ2n) is 9.41. The molecular weight excluding hydrogens is 592 g/mol. The molecule has 4 rings (SSSR count). The van der Waals surface area contributed by atoms with Crippen LogP contribution < -0.4 is 5.32 Å². The maximum atomic E-state index is 13.7. The van der Waals surface area contributed by atoms with E-state index in [0.29, 0.717) is 24.8 Å².